The number of aromatic nitrogens is 1. The Morgan fingerprint density at radius 3 is 2.37 bits per heavy atom. The van der Waals surface area contributed by atoms with Crippen molar-refractivity contribution >= 4 is 11.6 Å². The third-order valence-corrected chi connectivity index (χ3v) is 5.55. The summed E-state index contributed by atoms with van der Waals surface area (Å²) < 4.78 is 12.8. The summed E-state index contributed by atoms with van der Waals surface area (Å²) in [5, 5.41) is 3.03. The predicted molar refractivity (Wildman–Crippen MR) is 121 cm³/mol. The number of hydrogen-bond acceptors (Lipinski definition) is 3. The average Bonchev–Trinajstić information content (AvgIpc) is 2.96. The van der Waals surface area contributed by atoms with Gasteiger partial charge in [-0.05, 0) is 56.0 Å². The molecule has 1 heterocycles. The number of anilines is 1. The molecule has 0 unspecified atom stereocenters. The first-order valence-corrected chi connectivity index (χ1v) is 10.2. The third-order valence-electron chi connectivity index (χ3n) is 5.55. The van der Waals surface area contributed by atoms with Gasteiger partial charge in [-0.15, -0.1) is 0 Å². The summed E-state index contributed by atoms with van der Waals surface area (Å²) in [5.74, 6) is 1.07. The molecule has 0 atom stereocenters. The monoisotopic (exact) mass is 406 g/mol. The van der Waals surface area contributed by atoms with E-state index in [9.17, 15) is 4.79 Å². The molecular weight excluding hydrogens is 376 g/mol. The summed E-state index contributed by atoms with van der Waals surface area (Å²) in [7, 11) is 3.17. The molecule has 1 N–H and O–H groups in total. The lowest BCUT2D eigenvalue weighted by molar-refractivity contribution is 0.101. The van der Waals surface area contributed by atoms with Crippen LogP contribution in [-0.4, -0.2) is 24.7 Å². The van der Waals surface area contributed by atoms with Crippen LogP contribution in [0.5, 0.6) is 11.5 Å². The minimum atomic E-state index is -0.129. The van der Waals surface area contributed by atoms with E-state index < -0.39 is 0 Å². The van der Waals surface area contributed by atoms with E-state index in [4.69, 9.17) is 9.47 Å². The Labute approximate surface area is 178 Å². The fourth-order valence-corrected chi connectivity index (χ4v) is 4.06. The Morgan fingerprint density at radius 2 is 1.73 bits per heavy atom. The molecule has 5 heteroatoms. The second-order valence-corrected chi connectivity index (χ2v) is 7.49. The highest BCUT2D eigenvalue weighted by atomic mass is 16.5. The number of ether oxygens (including phenoxy) is 2. The van der Waals surface area contributed by atoms with Gasteiger partial charge in [0.25, 0.3) is 5.91 Å². The van der Waals surface area contributed by atoms with Gasteiger partial charge in [0.05, 0.1) is 14.2 Å². The predicted octanol–water partition coefficient (Wildman–Crippen LogP) is 5.29. The van der Waals surface area contributed by atoms with Crippen LogP contribution < -0.4 is 14.8 Å². The zero-order valence-electron chi connectivity index (χ0n) is 18.6. The largest absolute Gasteiger partial charge is 0.493 e. The van der Waals surface area contributed by atoms with Crippen LogP contribution in [0.15, 0.2) is 42.5 Å². The molecule has 0 radical (unpaired) electrons. The van der Waals surface area contributed by atoms with Gasteiger partial charge in [0.1, 0.15) is 5.69 Å². The molecule has 5 nitrogen and oxygen atoms in total. The zero-order valence-corrected chi connectivity index (χ0v) is 18.6. The molecule has 0 fully saturated rings. The van der Waals surface area contributed by atoms with E-state index >= 15 is 0 Å². The zero-order chi connectivity index (χ0) is 21.8. The maximum absolute atomic E-state index is 13.3. The Balaban J connectivity index is 1.99. The van der Waals surface area contributed by atoms with E-state index in [-0.39, 0.29) is 5.91 Å². The summed E-state index contributed by atoms with van der Waals surface area (Å²) in [5.41, 5.74) is 7.13. The third kappa shape index (κ3) is 4.20. The number of amides is 1. The highest BCUT2D eigenvalue weighted by Gasteiger charge is 2.22. The molecule has 1 aromatic heterocycles. The van der Waals surface area contributed by atoms with Gasteiger partial charge in [0, 0.05) is 24.0 Å². The molecule has 3 aromatic rings. The first-order chi connectivity index (χ1) is 14.4. The van der Waals surface area contributed by atoms with Crippen molar-refractivity contribution in [3.63, 3.8) is 0 Å². The van der Waals surface area contributed by atoms with Gasteiger partial charge in [0.2, 0.25) is 0 Å². The molecule has 0 bridgehead atoms. The van der Waals surface area contributed by atoms with E-state index in [1.165, 1.54) is 16.7 Å². The number of methoxy groups -OCH3 is 2. The van der Waals surface area contributed by atoms with Crippen LogP contribution in [0.25, 0.3) is 0 Å². The lowest BCUT2D eigenvalue weighted by atomic mass is 10.1. The molecule has 3 rings (SSSR count). The van der Waals surface area contributed by atoms with Gasteiger partial charge in [-0.1, -0.05) is 36.8 Å². The van der Waals surface area contributed by atoms with Crippen molar-refractivity contribution in [3.05, 3.63) is 76.1 Å². The summed E-state index contributed by atoms with van der Waals surface area (Å²) in [4.78, 5) is 13.3. The normalized spacial score (nSPS) is 10.7. The summed E-state index contributed by atoms with van der Waals surface area (Å²) in [6, 6.07) is 13.8. The molecule has 1 amide bonds. The van der Waals surface area contributed by atoms with Crippen molar-refractivity contribution in [1.29, 1.82) is 0 Å². The number of rotatable bonds is 7. The molecule has 30 heavy (non-hydrogen) atoms. The Hall–Kier alpha value is -3.21. The van der Waals surface area contributed by atoms with E-state index in [0.717, 1.165) is 17.7 Å². The minimum Gasteiger partial charge on any atom is -0.493 e. The topological polar surface area (TPSA) is 52.5 Å². The van der Waals surface area contributed by atoms with Gasteiger partial charge in [0.15, 0.2) is 11.5 Å². The summed E-state index contributed by atoms with van der Waals surface area (Å²) >= 11 is 0. The van der Waals surface area contributed by atoms with Gasteiger partial charge in [-0.3, -0.25) is 4.79 Å². The van der Waals surface area contributed by atoms with Crippen molar-refractivity contribution < 1.29 is 14.3 Å². The fraction of sp³-hybridized carbons (Fsp3) is 0.320. The first kappa shape index (κ1) is 21.5. The lowest BCUT2D eigenvalue weighted by Crippen LogP contribution is -2.19. The van der Waals surface area contributed by atoms with Crippen molar-refractivity contribution in [1.82, 2.24) is 4.57 Å². The number of nitrogens with zero attached hydrogens (tertiary/aromatic N) is 1. The fourth-order valence-electron chi connectivity index (χ4n) is 4.06. The maximum atomic E-state index is 13.3. The van der Waals surface area contributed by atoms with Crippen molar-refractivity contribution in [3.8, 4) is 11.5 Å². The molecule has 0 aliphatic rings. The van der Waals surface area contributed by atoms with Crippen molar-refractivity contribution in [2.24, 2.45) is 0 Å². The first-order valence-electron chi connectivity index (χ1n) is 10.2. The van der Waals surface area contributed by atoms with Crippen molar-refractivity contribution in [2.45, 2.75) is 40.7 Å². The van der Waals surface area contributed by atoms with Crippen LogP contribution >= 0.6 is 0 Å². The minimum absolute atomic E-state index is 0.129. The van der Waals surface area contributed by atoms with E-state index in [1.807, 2.05) is 13.0 Å². The molecule has 2 aromatic carbocycles. The van der Waals surface area contributed by atoms with Gasteiger partial charge in [-0.25, -0.2) is 0 Å². The van der Waals surface area contributed by atoms with Crippen molar-refractivity contribution in [2.75, 3.05) is 19.5 Å². The summed E-state index contributed by atoms with van der Waals surface area (Å²) in [6.07, 6.45) is 0.884. The van der Waals surface area contributed by atoms with Crippen LogP contribution in [0.1, 0.15) is 45.4 Å². The Bertz CT molecular complexity index is 1070. The van der Waals surface area contributed by atoms with E-state index in [0.29, 0.717) is 29.4 Å². The molecular formula is C25H30N2O3. The van der Waals surface area contributed by atoms with Crippen LogP contribution in [0.4, 0.5) is 5.69 Å². The van der Waals surface area contributed by atoms with Crippen LogP contribution in [-0.2, 0) is 13.0 Å². The Kier molecular flexibility index (Phi) is 6.50. The molecule has 0 spiro atoms. The van der Waals surface area contributed by atoms with Gasteiger partial charge >= 0.3 is 0 Å². The second-order valence-electron chi connectivity index (χ2n) is 7.49. The second kappa shape index (κ2) is 9.08. The number of hydrogen-bond donors (Lipinski definition) is 1. The van der Waals surface area contributed by atoms with E-state index in [2.05, 4.69) is 54.9 Å². The maximum Gasteiger partial charge on any atom is 0.272 e. The molecule has 158 valence electrons. The molecule has 0 aliphatic heterocycles. The quantitative estimate of drug-likeness (QED) is 0.580. The van der Waals surface area contributed by atoms with E-state index in [1.54, 1.807) is 26.4 Å². The number of nitrogens with one attached hydrogen (secondary N) is 1. The smallest absolute Gasteiger partial charge is 0.272 e. The number of aryl methyl sites for hydroxylation is 1. The lowest BCUT2D eigenvalue weighted by Gasteiger charge is -2.14. The van der Waals surface area contributed by atoms with Crippen LogP contribution in [0.3, 0.4) is 0 Å². The highest BCUT2D eigenvalue weighted by molar-refractivity contribution is 6.04. The van der Waals surface area contributed by atoms with Gasteiger partial charge in [-0.2, -0.15) is 0 Å². The molecule has 0 saturated heterocycles. The number of benzene rings is 2. The number of carbonyl (C=O) groups excluding carboxylic acids is 1. The van der Waals surface area contributed by atoms with Crippen LogP contribution in [0, 0.1) is 20.8 Å². The van der Waals surface area contributed by atoms with Gasteiger partial charge < -0.3 is 19.4 Å². The van der Waals surface area contributed by atoms with Crippen LogP contribution in [0.2, 0.25) is 0 Å². The Morgan fingerprint density at radius 1 is 1.00 bits per heavy atom. The summed E-state index contributed by atoms with van der Waals surface area (Å²) in [6.45, 7) is 8.99. The SMILES string of the molecule is CCc1c(C)c(C(=O)Nc2ccc(OC)c(OC)c2)n(Cc2cccc(C)c2)c1C. The number of carbonyl (C=O) groups is 1. The molecule has 0 aliphatic carbocycles. The highest BCUT2D eigenvalue weighted by Crippen LogP contribution is 2.31. The average molecular weight is 407 g/mol. The standard InChI is InChI=1S/C25H30N2O3/c1-7-21-17(3)24(27(18(21)4)15-19-10-8-9-16(2)13-19)25(28)26-20-11-12-22(29-5)23(14-20)30-6/h8-14H,7,15H2,1-6H3,(H,26,28). The molecule has 0 saturated carbocycles.